The molecule has 0 fully saturated rings. The second kappa shape index (κ2) is 8.32. The summed E-state index contributed by atoms with van der Waals surface area (Å²) in [6.07, 6.45) is 3.81. The van der Waals surface area contributed by atoms with Crippen LogP contribution in [0.4, 0.5) is 0 Å². The number of hydrogen-bond acceptors (Lipinski definition) is 7. The number of aromatic hydroxyl groups is 1. The zero-order chi connectivity index (χ0) is 21.1. The van der Waals surface area contributed by atoms with Gasteiger partial charge in [-0.1, -0.05) is 6.07 Å². The molecule has 2 aromatic heterocycles. The van der Waals surface area contributed by atoms with Gasteiger partial charge in [-0.3, -0.25) is 4.79 Å². The molecule has 3 heterocycles. The van der Waals surface area contributed by atoms with Crippen LogP contribution in [0, 0.1) is 6.92 Å². The topological polar surface area (TPSA) is 127 Å². The Bertz CT molecular complexity index is 1110. The Morgan fingerprint density at radius 3 is 2.90 bits per heavy atom. The number of imidazole rings is 1. The highest BCUT2D eigenvalue weighted by molar-refractivity contribution is 5.77. The molecule has 1 aliphatic rings. The van der Waals surface area contributed by atoms with Crippen molar-refractivity contribution < 1.29 is 23.8 Å². The summed E-state index contributed by atoms with van der Waals surface area (Å²) >= 11 is 0. The van der Waals surface area contributed by atoms with Crippen LogP contribution in [0.25, 0.3) is 0 Å². The van der Waals surface area contributed by atoms with Crippen LogP contribution in [0.1, 0.15) is 34.9 Å². The molecule has 3 aromatic rings. The Balaban J connectivity index is 1.59. The lowest BCUT2D eigenvalue weighted by Crippen LogP contribution is -2.28. The fourth-order valence-electron chi connectivity index (χ4n) is 3.46. The quantitative estimate of drug-likeness (QED) is 0.543. The van der Waals surface area contributed by atoms with Gasteiger partial charge in [-0.2, -0.15) is 0 Å². The highest BCUT2D eigenvalue weighted by atomic mass is 16.7. The predicted molar refractivity (Wildman–Crippen MR) is 106 cm³/mol. The van der Waals surface area contributed by atoms with Crippen LogP contribution in [-0.4, -0.2) is 34.3 Å². The number of hydrogen-bond donors (Lipinski definition) is 3. The molecule has 1 amide bonds. The number of nitrogens with one attached hydrogen (secondary N) is 2. The predicted octanol–water partition coefficient (Wildman–Crippen LogP) is 1.99. The largest absolute Gasteiger partial charge is 0.507 e. The zero-order valence-electron chi connectivity index (χ0n) is 16.3. The molecule has 0 radical (unpaired) electrons. The van der Waals surface area contributed by atoms with E-state index in [0.29, 0.717) is 30.0 Å². The molecule has 4 rings (SSSR count). The smallest absolute Gasteiger partial charge is 0.343 e. The van der Waals surface area contributed by atoms with Crippen LogP contribution in [-0.2, 0) is 11.2 Å². The van der Waals surface area contributed by atoms with Gasteiger partial charge in [0, 0.05) is 43.3 Å². The first-order chi connectivity index (χ1) is 14.5. The average Bonchev–Trinajstić information content (AvgIpc) is 3.37. The molecule has 1 aromatic carbocycles. The summed E-state index contributed by atoms with van der Waals surface area (Å²) in [5.74, 6) is 0.196. The molecule has 156 valence electrons. The maximum absolute atomic E-state index is 12.6. The van der Waals surface area contributed by atoms with E-state index in [-0.39, 0.29) is 36.2 Å². The number of amides is 1. The molecule has 0 saturated carbocycles. The molecule has 1 atom stereocenters. The number of carbonyl (C=O) groups excluding carboxylic acids is 1. The van der Waals surface area contributed by atoms with Gasteiger partial charge in [0.1, 0.15) is 11.5 Å². The molecular formula is C21H21N3O6. The first kappa shape index (κ1) is 19.6. The molecule has 9 heteroatoms. The van der Waals surface area contributed by atoms with Crippen molar-refractivity contribution in [2.24, 2.45) is 0 Å². The molecule has 3 N–H and O–H groups in total. The molecule has 0 aliphatic carbocycles. The van der Waals surface area contributed by atoms with Crippen LogP contribution < -0.4 is 20.4 Å². The highest BCUT2D eigenvalue weighted by Crippen LogP contribution is 2.38. The molecular weight excluding hydrogens is 390 g/mol. The van der Waals surface area contributed by atoms with E-state index in [9.17, 15) is 14.7 Å². The average molecular weight is 411 g/mol. The SMILES string of the molecule is Cc1cc(O)c([C@H](CC(=O)NCCc2cnc[nH]2)c2ccc3c(c2)OCO3)c(=O)o1. The van der Waals surface area contributed by atoms with Crippen LogP contribution >= 0.6 is 0 Å². The first-order valence-electron chi connectivity index (χ1n) is 9.48. The summed E-state index contributed by atoms with van der Waals surface area (Å²) < 4.78 is 15.9. The number of aryl methyl sites for hydroxylation is 1. The van der Waals surface area contributed by atoms with Crippen molar-refractivity contribution in [3.05, 3.63) is 69.8 Å². The van der Waals surface area contributed by atoms with Gasteiger partial charge < -0.3 is 29.3 Å². The third-order valence-electron chi connectivity index (χ3n) is 4.90. The minimum absolute atomic E-state index is 0.0307. The van der Waals surface area contributed by atoms with Crippen molar-refractivity contribution in [2.75, 3.05) is 13.3 Å². The summed E-state index contributed by atoms with van der Waals surface area (Å²) in [6.45, 7) is 2.08. The summed E-state index contributed by atoms with van der Waals surface area (Å²) in [5, 5.41) is 13.3. The van der Waals surface area contributed by atoms with E-state index in [1.54, 1.807) is 37.6 Å². The lowest BCUT2D eigenvalue weighted by Gasteiger charge is -2.18. The maximum atomic E-state index is 12.6. The van der Waals surface area contributed by atoms with Crippen molar-refractivity contribution >= 4 is 5.91 Å². The summed E-state index contributed by atoms with van der Waals surface area (Å²) in [7, 11) is 0. The fourth-order valence-corrected chi connectivity index (χ4v) is 3.46. The number of nitrogens with zero attached hydrogens (tertiary/aromatic N) is 1. The lowest BCUT2D eigenvalue weighted by molar-refractivity contribution is -0.121. The third-order valence-corrected chi connectivity index (χ3v) is 4.90. The number of aromatic nitrogens is 2. The monoisotopic (exact) mass is 411 g/mol. The second-order valence-electron chi connectivity index (χ2n) is 6.99. The van der Waals surface area contributed by atoms with E-state index < -0.39 is 11.5 Å². The number of H-pyrrole nitrogens is 1. The number of aromatic amines is 1. The highest BCUT2D eigenvalue weighted by Gasteiger charge is 2.27. The van der Waals surface area contributed by atoms with Gasteiger partial charge in [-0.15, -0.1) is 0 Å². The molecule has 9 nitrogen and oxygen atoms in total. The molecule has 30 heavy (non-hydrogen) atoms. The summed E-state index contributed by atoms with van der Waals surface area (Å²) in [6, 6.07) is 6.54. The standard InChI is InChI=1S/C21H21N3O6/c1-12-6-16(25)20(21(27)30-12)15(13-2-3-17-18(7-13)29-11-28-17)8-19(26)23-5-4-14-9-22-10-24-14/h2-3,6-7,9-10,15,25H,4-5,8,11H2,1H3,(H,22,24)(H,23,26)/t15-/m1/s1. The van der Waals surface area contributed by atoms with Crippen LogP contribution in [0.5, 0.6) is 17.2 Å². The Kier molecular flexibility index (Phi) is 5.42. The molecule has 0 spiro atoms. The van der Waals surface area contributed by atoms with E-state index in [2.05, 4.69) is 15.3 Å². The van der Waals surface area contributed by atoms with Crippen LogP contribution in [0.2, 0.25) is 0 Å². The summed E-state index contributed by atoms with van der Waals surface area (Å²) in [4.78, 5) is 32.1. The van der Waals surface area contributed by atoms with E-state index in [4.69, 9.17) is 13.9 Å². The van der Waals surface area contributed by atoms with Crippen molar-refractivity contribution in [1.29, 1.82) is 0 Å². The molecule has 0 bridgehead atoms. The fraction of sp³-hybridized carbons (Fsp3) is 0.286. The minimum Gasteiger partial charge on any atom is -0.507 e. The van der Waals surface area contributed by atoms with Crippen molar-refractivity contribution in [3.8, 4) is 17.2 Å². The Hall–Kier alpha value is -3.75. The van der Waals surface area contributed by atoms with E-state index in [1.807, 2.05) is 0 Å². The third kappa shape index (κ3) is 4.14. The van der Waals surface area contributed by atoms with Gasteiger partial charge >= 0.3 is 5.63 Å². The van der Waals surface area contributed by atoms with Crippen molar-refractivity contribution in [1.82, 2.24) is 15.3 Å². The van der Waals surface area contributed by atoms with Gasteiger partial charge in [-0.25, -0.2) is 9.78 Å². The maximum Gasteiger partial charge on any atom is 0.343 e. The van der Waals surface area contributed by atoms with Gasteiger partial charge in [0.15, 0.2) is 11.5 Å². The van der Waals surface area contributed by atoms with Crippen molar-refractivity contribution in [3.63, 3.8) is 0 Å². The van der Waals surface area contributed by atoms with Crippen LogP contribution in [0.15, 0.2) is 46.0 Å². The first-order valence-corrected chi connectivity index (χ1v) is 9.48. The van der Waals surface area contributed by atoms with E-state index in [1.165, 1.54) is 6.07 Å². The van der Waals surface area contributed by atoms with Gasteiger partial charge in [0.25, 0.3) is 0 Å². The molecule has 0 saturated heterocycles. The Morgan fingerprint density at radius 2 is 2.13 bits per heavy atom. The number of rotatable bonds is 7. The van der Waals surface area contributed by atoms with Crippen LogP contribution in [0.3, 0.4) is 0 Å². The Labute approximate surface area is 171 Å². The normalized spacial score (nSPS) is 13.2. The number of carbonyl (C=O) groups is 1. The van der Waals surface area contributed by atoms with Gasteiger partial charge in [0.2, 0.25) is 12.7 Å². The lowest BCUT2D eigenvalue weighted by atomic mass is 9.88. The number of benzene rings is 1. The minimum atomic E-state index is -0.719. The van der Waals surface area contributed by atoms with E-state index in [0.717, 1.165) is 5.69 Å². The van der Waals surface area contributed by atoms with E-state index >= 15 is 0 Å². The molecule has 0 unspecified atom stereocenters. The van der Waals surface area contributed by atoms with Crippen molar-refractivity contribution in [2.45, 2.75) is 25.7 Å². The molecule has 1 aliphatic heterocycles. The second-order valence-corrected chi connectivity index (χ2v) is 6.99. The van der Waals surface area contributed by atoms with Gasteiger partial charge in [0.05, 0.1) is 11.9 Å². The zero-order valence-corrected chi connectivity index (χ0v) is 16.3. The number of ether oxygens (including phenoxy) is 2. The van der Waals surface area contributed by atoms with Gasteiger partial charge in [-0.05, 0) is 24.6 Å². The number of fused-ring (bicyclic) bond motifs is 1. The Morgan fingerprint density at radius 1 is 1.30 bits per heavy atom. The summed E-state index contributed by atoms with van der Waals surface area (Å²) in [5.41, 5.74) is 0.887.